The number of anilines is 9. The molecule has 370 valence electrons. The zero-order valence-electron chi connectivity index (χ0n) is 46.0. The average molecular weight is 976 g/mol. The lowest BCUT2D eigenvalue weighted by atomic mass is 9.36. The van der Waals surface area contributed by atoms with Gasteiger partial charge in [-0.25, -0.2) is 0 Å². The first-order valence-corrected chi connectivity index (χ1v) is 27.9. The molecular formula is C68H74BN3S. The highest BCUT2D eigenvalue weighted by Crippen LogP contribution is 2.55. The summed E-state index contributed by atoms with van der Waals surface area (Å²) in [6.45, 7) is 33.9. The average Bonchev–Trinajstić information content (AvgIpc) is 3.74. The van der Waals surface area contributed by atoms with Gasteiger partial charge in [-0.05, 0) is 181 Å². The van der Waals surface area contributed by atoms with E-state index in [0.29, 0.717) is 0 Å². The van der Waals surface area contributed by atoms with Crippen LogP contribution in [0.3, 0.4) is 0 Å². The maximum Gasteiger partial charge on any atom is 0.264 e. The summed E-state index contributed by atoms with van der Waals surface area (Å²) in [5.74, 6) is 0. The van der Waals surface area contributed by atoms with E-state index in [0.717, 1.165) is 29.9 Å². The highest BCUT2D eigenvalue weighted by Gasteiger charge is 2.48. The van der Waals surface area contributed by atoms with Gasteiger partial charge in [0.1, 0.15) is 0 Å². The molecule has 1 aromatic heterocycles. The van der Waals surface area contributed by atoms with Crippen LogP contribution in [0.5, 0.6) is 0 Å². The molecule has 2 aliphatic carbocycles. The van der Waals surface area contributed by atoms with Gasteiger partial charge in [0.2, 0.25) is 0 Å². The van der Waals surface area contributed by atoms with Crippen molar-refractivity contribution in [1.29, 1.82) is 0 Å². The number of hydrogen-bond donors (Lipinski definition) is 0. The zero-order valence-corrected chi connectivity index (χ0v) is 46.8. The fraction of sp³-hybridized carbons (Fsp3) is 0.353. The molecule has 0 saturated heterocycles. The Morgan fingerprint density at radius 1 is 0.452 bits per heavy atom. The van der Waals surface area contributed by atoms with Crippen molar-refractivity contribution in [3.05, 3.63) is 179 Å². The van der Waals surface area contributed by atoms with Crippen LogP contribution >= 0.6 is 11.3 Å². The second-order valence-corrected chi connectivity index (χ2v) is 27.9. The molecule has 0 spiro atoms. The van der Waals surface area contributed by atoms with Crippen molar-refractivity contribution in [3.63, 3.8) is 0 Å². The van der Waals surface area contributed by atoms with Crippen LogP contribution in [0.4, 0.5) is 51.2 Å². The Hall–Kier alpha value is -6.04. The third-order valence-electron chi connectivity index (χ3n) is 17.9. The molecule has 0 atom stereocenters. The van der Waals surface area contributed by atoms with Crippen LogP contribution in [0.15, 0.2) is 146 Å². The second-order valence-electron chi connectivity index (χ2n) is 26.8. The molecule has 0 saturated carbocycles. The molecule has 0 amide bonds. The Morgan fingerprint density at radius 2 is 0.918 bits per heavy atom. The molecule has 73 heavy (non-hydrogen) atoms. The zero-order chi connectivity index (χ0) is 51.4. The van der Waals surface area contributed by atoms with E-state index in [1.807, 2.05) is 11.3 Å². The van der Waals surface area contributed by atoms with Gasteiger partial charge in [-0.1, -0.05) is 164 Å². The number of fused-ring (bicyclic) bond motifs is 8. The predicted molar refractivity (Wildman–Crippen MR) is 319 cm³/mol. The Balaban J connectivity index is 1.25. The quantitative estimate of drug-likeness (QED) is 0.159. The van der Waals surface area contributed by atoms with E-state index in [2.05, 4.69) is 257 Å². The van der Waals surface area contributed by atoms with E-state index in [1.54, 1.807) is 0 Å². The van der Waals surface area contributed by atoms with Crippen molar-refractivity contribution in [2.45, 2.75) is 155 Å². The fourth-order valence-corrected chi connectivity index (χ4v) is 14.4. The first-order valence-electron chi connectivity index (χ1n) is 27.1. The van der Waals surface area contributed by atoms with Crippen molar-refractivity contribution in [2.75, 3.05) is 14.7 Å². The van der Waals surface area contributed by atoms with Gasteiger partial charge >= 0.3 is 0 Å². The molecule has 12 rings (SSSR count). The molecule has 0 bridgehead atoms. The summed E-state index contributed by atoms with van der Waals surface area (Å²) in [4.78, 5) is 7.87. The molecule has 3 nitrogen and oxygen atoms in total. The minimum absolute atomic E-state index is 0.00256. The highest BCUT2D eigenvalue weighted by atomic mass is 32.1. The topological polar surface area (TPSA) is 9.72 Å². The lowest BCUT2D eigenvalue weighted by molar-refractivity contribution is 0.332. The largest absolute Gasteiger partial charge is 0.311 e. The molecule has 5 heteroatoms. The van der Waals surface area contributed by atoms with Gasteiger partial charge in [0.25, 0.3) is 6.71 Å². The van der Waals surface area contributed by atoms with Crippen molar-refractivity contribution >= 4 is 95.0 Å². The van der Waals surface area contributed by atoms with Gasteiger partial charge in [-0.3, -0.25) is 0 Å². The molecule has 0 unspecified atom stereocenters. The number of benzene rings is 7. The summed E-state index contributed by atoms with van der Waals surface area (Å²) < 4.78 is 2.76. The molecule has 7 aromatic carbocycles. The Kier molecular flexibility index (Phi) is 10.7. The van der Waals surface area contributed by atoms with Crippen LogP contribution < -0.4 is 30.4 Å². The van der Waals surface area contributed by atoms with Crippen LogP contribution in [-0.4, -0.2) is 6.71 Å². The maximum atomic E-state index is 2.72. The predicted octanol–water partition coefficient (Wildman–Crippen LogP) is 17.7. The number of rotatable bonds is 5. The normalized spacial score (nSPS) is 17.9. The van der Waals surface area contributed by atoms with Crippen molar-refractivity contribution < 1.29 is 0 Å². The van der Waals surface area contributed by atoms with E-state index in [9.17, 15) is 0 Å². The SMILES string of the molecule is CC(C)(C)c1ccc2c(c1)B1c3sc4ccc(C(C)(C)C)cc4c3N(c3ccc4c(c3)C(C)(C)CCC4(C)C)c3cc(N(c4ccccc4)c4ccccc4)cc(c31)N2c1ccc2c(c1)C(C)(C)CCC2(C)C. The molecule has 8 aromatic rings. The number of nitrogens with zero attached hydrogens (tertiary/aromatic N) is 3. The van der Waals surface area contributed by atoms with Gasteiger partial charge < -0.3 is 14.7 Å². The number of para-hydroxylation sites is 2. The van der Waals surface area contributed by atoms with E-state index in [-0.39, 0.29) is 39.2 Å². The van der Waals surface area contributed by atoms with E-state index < -0.39 is 0 Å². The molecule has 0 fully saturated rings. The number of hydrogen-bond acceptors (Lipinski definition) is 4. The van der Waals surface area contributed by atoms with E-state index in [1.165, 1.54) is 106 Å². The van der Waals surface area contributed by atoms with Crippen LogP contribution in [0, 0.1) is 0 Å². The fourth-order valence-electron chi connectivity index (χ4n) is 13.1. The summed E-state index contributed by atoms with van der Waals surface area (Å²) in [6, 6.07) is 57.0. The monoisotopic (exact) mass is 976 g/mol. The standard InChI is InChI=1S/C68H74BN3S/c1-63(2,3)43-26-32-59-50(37-43)61-62(73-59)69-55-38-44(64(4,5)6)25-31-56(55)71(47-27-29-51-53(39-47)67(11,12)35-33-65(51,7)8)57-41-49(70(45-21-17-15-18-22-45)46-23-19-16-20-24-46)42-58(60(57)69)72(61)48-28-30-52-54(40-48)68(13,14)36-34-66(52,9)10/h15-32,37-42H,33-36H2,1-14H3. The Bertz CT molecular complexity index is 3470. The lowest BCUT2D eigenvalue weighted by Gasteiger charge is -2.46. The molecule has 3 heterocycles. The van der Waals surface area contributed by atoms with E-state index >= 15 is 0 Å². The Morgan fingerprint density at radius 3 is 1.44 bits per heavy atom. The van der Waals surface area contributed by atoms with Crippen LogP contribution in [0.1, 0.15) is 156 Å². The maximum absolute atomic E-state index is 2.72. The Labute approximate surface area is 441 Å². The highest BCUT2D eigenvalue weighted by molar-refractivity contribution is 7.33. The first-order chi connectivity index (χ1) is 34.4. The summed E-state index contributed by atoms with van der Waals surface area (Å²) in [5, 5.41) is 1.33. The van der Waals surface area contributed by atoms with Crippen molar-refractivity contribution in [1.82, 2.24) is 0 Å². The number of thiophene rings is 1. The third kappa shape index (κ3) is 7.64. The molecular weight excluding hydrogens is 902 g/mol. The van der Waals surface area contributed by atoms with Gasteiger partial charge in [0, 0.05) is 54.7 Å². The minimum Gasteiger partial charge on any atom is -0.311 e. The summed E-state index contributed by atoms with van der Waals surface area (Å²) in [6.07, 6.45) is 4.68. The summed E-state index contributed by atoms with van der Waals surface area (Å²) >= 11 is 2.01. The lowest BCUT2D eigenvalue weighted by Crippen LogP contribution is -2.60. The minimum atomic E-state index is -0.0465. The molecule has 0 N–H and O–H groups in total. The second kappa shape index (κ2) is 16.2. The van der Waals surface area contributed by atoms with Crippen molar-refractivity contribution in [2.24, 2.45) is 0 Å². The smallest absolute Gasteiger partial charge is 0.264 e. The molecule has 2 aliphatic heterocycles. The third-order valence-corrected chi connectivity index (χ3v) is 19.1. The van der Waals surface area contributed by atoms with Crippen LogP contribution in [0.2, 0.25) is 0 Å². The van der Waals surface area contributed by atoms with Crippen molar-refractivity contribution in [3.8, 4) is 0 Å². The van der Waals surface area contributed by atoms with Gasteiger partial charge in [0.15, 0.2) is 0 Å². The van der Waals surface area contributed by atoms with Crippen LogP contribution in [0.25, 0.3) is 10.1 Å². The molecule has 0 radical (unpaired) electrons. The first kappa shape index (κ1) is 47.9. The van der Waals surface area contributed by atoms with Gasteiger partial charge in [-0.15, -0.1) is 11.3 Å². The van der Waals surface area contributed by atoms with Gasteiger partial charge in [0.05, 0.1) is 11.4 Å². The van der Waals surface area contributed by atoms with E-state index in [4.69, 9.17) is 0 Å². The van der Waals surface area contributed by atoms with Crippen LogP contribution in [-0.2, 0) is 32.5 Å². The van der Waals surface area contributed by atoms with Gasteiger partial charge in [-0.2, -0.15) is 0 Å². The summed E-state index contributed by atoms with van der Waals surface area (Å²) in [7, 11) is 0. The summed E-state index contributed by atoms with van der Waals surface area (Å²) in [5.41, 5.74) is 22.5. The molecule has 4 aliphatic rings.